The fraction of sp³-hybridized carbons (Fsp3) is 0.0172. The molecule has 13 rings (SSSR count). The van der Waals surface area contributed by atoms with E-state index in [2.05, 4.69) is 152 Å². The van der Waals surface area contributed by atoms with Crippen LogP contribution in [0.2, 0.25) is 0 Å². The molecule has 0 amide bonds. The van der Waals surface area contributed by atoms with Gasteiger partial charge in [0.2, 0.25) is 0 Å². The molecule has 0 aliphatic heterocycles. The third-order valence-electron chi connectivity index (χ3n) is 13.1. The first-order valence-corrected chi connectivity index (χ1v) is 20.9. The minimum atomic E-state index is -0.494. The summed E-state index contributed by atoms with van der Waals surface area (Å²) in [5, 5.41) is 7.71. The molecule has 3 heteroatoms. The second-order valence-corrected chi connectivity index (χ2v) is 16.2. The predicted octanol–water partition coefficient (Wildman–Crippen LogP) is 14.3. The minimum Gasteiger partial charge on any atom is -0.208 e. The van der Waals surface area contributed by atoms with Gasteiger partial charge in [0.05, 0.1) is 5.41 Å². The average Bonchev–Trinajstić information content (AvgIpc) is 3.82. The van der Waals surface area contributed by atoms with Crippen LogP contribution in [0.1, 0.15) is 22.3 Å². The molecule has 1 heterocycles. The lowest BCUT2D eigenvalue weighted by atomic mass is 9.68. The van der Waals surface area contributed by atoms with Gasteiger partial charge in [-0.25, -0.2) is 15.0 Å². The highest BCUT2D eigenvalue weighted by Crippen LogP contribution is 2.66. The first kappa shape index (κ1) is 33.9. The fourth-order valence-corrected chi connectivity index (χ4v) is 10.6. The second kappa shape index (κ2) is 13.0. The number of hydrogen-bond donors (Lipinski definition) is 0. The standard InChI is InChI=1S/C58H35N3/c1-3-15-37(16-4-1)55-59-56(38-17-5-2-6-18-38)61-57(60-55)39-29-27-36(28-30-39)40-31-33-42-41(35-40)32-34-49-52-47-23-9-7-19-43(47)44-20-8-10-24-48(44)54(52)58(53(42)49)50-25-13-11-21-45(50)46-22-12-14-26-51(46)58/h1-35H. The van der Waals surface area contributed by atoms with Crippen molar-refractivity contribution in [1.82, 2.24) is 15.0 Å². The van der Waals surface area contributed by atoms with Gasteiger partial charge in [0.1, 0.15) is 0 Å². The molecule has 2 aliphatic rings. The Morgan fingerprint density at radius 1 is 0.279 bits per heavy atom. The van der Waals surface area contributed by atoms with Crippen molar-refractivity contribution in [2.75, 3.05) is 0 Å². The number of hydrogen-bond acceptors (Lipinski definition) is 3. The van der Waals surface area contributed by atoms with Crippen LogP contribution in [-0.2, 0) is 5.41 Å². The fourth-order valence-electron chi connectivity index (χ4n) is 10.6. The molecule has 11 aromatic rings. The molecule has 0 fully saturated rings. The molecule has 3 nitrogen and oxygen atoms in total. The molecular formula is C58H35N3. The molecule has 1 aromatic heterocycles. The monoisotopic (exact) mass is 773 g/mol. The largest absolute Gasteiger partial charge is 0.208 e. The van der Waals surface area contributed by atoms with E-state index in [0.29, 0.717) is 17.5 Å². The lowest BCUT2D eigenvalue weighted by Gasteiger charge is -2.32. The summed E-state index contributed by atoms with van der Waals surface area (Å²) in [7, 11) is 0. The summed E-state index contributed by atoms with van der Waals surface area (Å²) in [5.74, 6) is 1.96. The van der Waals surface area contributed by atoms with Gasteiger partial charge in [-0.3, -0.25) is 0 Å². The molecular weight excluding hydrogens is 739 g/mol. The maximum absolute atomic E-state index is 4.98. The Bertz CT molecular complexity index is 3470. The Balaban J connectivity index is 0.998. The number of rotatable bonds is 4. The highest BCUT2D eigenvalue weighted by molar-refractivity contribution is 6.21. The van der Waals surface area contributed by atoms with E-state index in [-0.39, 0.29) is 0 Å². The molecule has 61 heavy (non-hydrogen) atoms. The van der Waals surface area contributed by atoms with Gasteiger partial charge in [-0.1, -0.05) is 206 Å². The van der Waals surface area contributed by atoms with Crippen molar-refractivity contribution in [1.29, 1.82) is 0 Å². The SMILES string of the molecule is c1ccc(-c2nc(-c3ccccc3)nc(-c3ccc(-c4ccc5c6c(ccc5c4)-c4c(c5ccccc5c5ccccc45)C64c5ccccc5-c5ccccc54)cc3)n2)cc1. The molecule has 0 atom stereocenters. The van der Waals surface area contributed by atoms with Crippen LogP contribution in [0.4, 0.5) is 0 Å². The Kier molecular flexibility index (Phi) is 7.22. The summed E-state index contributed by atoms with van der Waals surface area (Å²) >= 11 is 0. The summed E-state index contributed by atoms with van der Waals surface area (Å²) < 4.78 is 0. The van der Waals surface area contributed by atoms with E-state index < -0.39 is 5.41 Å². The Morgan fingerprint density at radius 3 is 1.34 bits per heavy atom. The van der Waals surface area contributed by atoms with Crippen LogP contribution < -0.4 is 0 Å². The number of benzene rings is 10. The minimum absolute atomic E-state index is 0.494. The molecule has 1 spiro atoms. The number of aromatic nitrogens is 3. The van der Waals surface area contributed by atoms with Crippen molar-refractivity contribution in [3.05, 3.63) is 235 Å². The Hall–Kier alpha value is -8.01. The smallest absolute Gasteiger partial charge is 0.164 e. The van der Waals surface area contributed by atoms with Gasteiger partial charge in [-0.05, 0) is 94.0 Å². The van der Waals surface area contributed by atoms with Crippen LogP contribution in [0.5, 0.6) is 0 Å². The van der Waals surface area contributed by atoms with E-state index in [1.54, 1.807) is 0 Å². The van der Waals surface area contributed by atoms with E-state index in [4.69, 9.17) is 15.0 Å². The zero-order valence-corrected chi connectivity index (χ0v) is 33.0. The zero-order chi connectivity index (χ0) is 40.1. The van der Waals surface area contributed by atoms with Crippen LogP contribution in [0.15, 0.2) is 212 Å². The van der Waals surface area contributed by atoms with Crippen LogP contribution >= 0.6 is 0 Å². The van der Waals surface area contributed by atoms with Gasteiger partial charge in [0.25, 0.3) is 0 Å². The third-order valence-corrected chi connectivity index (χ3v) is 13.1. The van der Waals surface area contributed by atoms with Gasteiger partial charge < -0.3 is 0 Å². The van der Waals surface area contributed by atoms with Crippen molar-refractivity contribution < 1.29 is 0 Å². The molecule has 0 saturated heterocycles. The first-order chi connectivity index (χ1) is 30.3. The average molecular weight is 774 g/mol. The molecule has 2 aliphatic carbocycles. The van der Waals surface area contributed by atoms with Gasteiger partial charge >= 0.3 is 0 Å². The number of fused-ring (bicyclic) bond motifs is 17. The van der Waals surface area contributed by atoms with Gasteiger partial charge in [0, 0.05) is 16.7 Å². The first-order valence-electron chi connectivity index (χ1n) is 20.9. The molecule has 282 valence electrons. The second-order valence-electron chi connectivity index (χ2n) is 16.2. The molecule has 0 bridgehead atoms. The quantitative estimate of drug-likeness (QED) is 0.167. The maximum Gasteiger partial charge on any atom is 0.164 e. The van der Waals surface area contributed by atoms with Crippen molar-refractivity contribution in [2.24, 2.45) is 0 Å². The van der Waals surface area contributed by atoms with Gasteiger partial charge in [-0.2, -0.15) is 0 Å². The molecule has 0 N–H and O–H groups in total. The van der Waals surface area contributed by atoms with E-state index in [1.807, 2.05) is 60.7 Å². The topological polar surface area (TPSA) is 38.7 Å². The third kappa shape index (κ3) is 4.83. The highest BCUT2D eigenvalue weighted by atomic mass is 15.0. The van der Waals surface area contributed by atoms with Crippen LogP contribution in [-0.4, -0.2) is 15.0 Å². The van der Waals surface area contributed by atoms with Crippen LogP contribution in [0, 0.1) is 0 Å². The van der Waals surface area contributed by atoms with Crippen molar-refractivity contribution >= 4 is 32.3 Å². The number of nitrogens with zero attached hydrogens (tertiary/aromatic N) is 3. The van der Waals surface area contributed by atoms with Gasteiger partial charge in [-0.15, -0.1) is 0 Å². The Morgan fingerprint density at radius 2 is 0.738 bits per heavy atom. The van der Waals surface area contributed by atoms with E-state index in [9.17, 15) is 0 Å². The molecule has 10 aromatic carbocycles. The van der Waals surface area contributed by atoms with Crippen molar-refractivity contribution in [3.63, 3.8) is 0 Å². The summed E-state index contributed by atoms with van der Waals surface area (Å²) in [4.78, 5) is 14.8. The highest BCUT2D eigenvalue weighted by Gasteiger charge is 2.53. The Labute approximate surface area is 353 Å². The van der Waals surface area contributed by atoms with E-state index >= 15 is 0 Å². The lowest BCUT2D eigenvalue weighted by molar-refractivity contribution is 0.809. The van der Waals surface area contributed by atoms with Crippen LogP contribution in [0.25, 0.3) is 99.9 Å². The lowest BCUT2D eigenvalue weighted by Crippen LogP contribution is -2.26. The maximum atomic E-state index is 4.98. The van der Waals surface area contributed by atoms with Gasteiger partial charge in [0.15, 0.2) is 17.5 Å². The van der Waals surface area contributed by atoms with Crippen molar-refractivity contribution in [3.8, 4) is 67.5 Å². The molecule has 0 saturated carbocycles. The zero-order valence-electron chi connectivity index (χ0n) is 33.0. The molecule has 0 unspecified atom stereocenters. The van der Waals surface area contributed by atoms with E-state index in [1.165, 1.54) is 76.8 Å². The predicted molar refractivity (Wildman–Crippen MR) is 250 cm³/mol. The van der Waals surface area contributed by atoms with Crippen LogP contribution in [0.3, 0.4) is 0 Å². The summed E-state index contributed by atoms with van der Waals surface area (Å²) in [6.07, 6.45) is 0. The summed E-state index contributed by atoms with van der Waals surface area (Å²) in [6.45, 7) is 0. The van der Waals surface area contributed by atoms with E-state index in [0.717, 1.165) is 27.8 Å². The molecule has 0 radical (unpaired) electrons. The van der Waals surface area contributed by atoms with Crippen molar-refractivity contribution in [2.45, 2.75) is 5.41 Å². The normalized spacial score (nSPS) is 13.0. The summed E-state index contributed by atoms with van der Waals surface area (Å²) in [6, 6.07) is 77.0. The summed E-state index contributed by atoms with van der Waals surface area (Å²) in [5.41, 5.74) is 15.4.